The van der Waals surface area contributed by atoms with Crippen LogP contribution in [0.25, 0.3) is 0 Å². The quantitative estimate of drug-likeness (QED) is 0.597. The van der Waals surface area contributed by atoms with E-state index in [0.717, 1.165) is 11.3 Å². The second kappa shape index (κ2) is 9.54. The molecule has 0 spiro atoms. The largest absolute Gasteiger partial charge is 0.355 e. The van der Waals surface area contributed by atoms with Gasteiger partial charge in [-0.2, -0.15) is 0 Å². The minimum atomic E-state index is -0.556. The molecule has 7 nitrogen and oxygen atoms in total. The van der Waals surface area contributed by atoms with Crippen LogP contribution >= 0.6 is 23.1 Å². The van der Waals surface area contributed by atoms with Crippen LogP contribution in [0.15, 0.2) is 22.5 Å². The molecule has 0 fully saturated rings. The van der Waals surface area contributed by atoms with Crippen molar-refractivity contribution < 1.29 is 9.59 Å². The minimum absolute atomic E-state index is 0.182. The fourth-order valence-electron chi connectivity index (χ4n) is 2.12. The summed E-state index contributed by atoms with van der Waals surface area (Å²) in [7, 11) is 0. The number of aryl methyl sites for hydroxylation is 1. The lowest BCUT2D eigenvalue weighted by Crippen LogP contribution is -2.45. The van der Waals surface area contributed by atoms with Gasteiger partial charge in [-0.15, -0.1) is 10.2 Å². The van der Waals surface area contributed by atoms with E-state index in [1.807, 2.05) is 19.1 Å². The van der Waals surface area contributed by atoms with Gasteiger partial charge in [0, 0.05) is 12.2 Å². The molecule has 2 rings (SSSR count). The van der Waals surface area contributed by atoms with Gasteiger partial charge in [-0.05, 0) is 44.9 Å². The molecule has 0 saturated carbocycles. The van der Waals surface area contributed by atoms with Gasteiger partial charge >= 0.3 is 0 Å². The Bertz CT molecular complexity index is 778. The number of aromatic nitrogens is 2. The maximum absolute atomic E-state index is 11.9. The van der Waals surface area contributed by atoms with Crippen LogP contribution in [0.4, 0.5) is 10.8 Å². The van der Waals surface area contributed by atoms with E-state index < -0.39 is 6.04 Å². The van der Waals surface area contributed by atoms with Crippen LogP contribution in [-0.2, 0) is 9.59 Å². The van der Waals surface area contributed by atoms with Crippen LogP contribution in [0.3, 0.4) is 0 Å². The van der Waals surface area contributed by atoms with Crippen LogP contribution < -0.4 is 16.0 Å². The highest BCUT2D eigenvalue weighted by Crippen LogP contribution is 2.29. The number of anilines is 2. The smallest absolute Gasteiger partial charge is 0.242 e. The Morgan fingerprint density at radius 1 is 1.27 bits per heavy atom. The fraction of sp³-hybridized carbons (Fsp3) is 0.412. The van der Waals surface area contributed by atoms with Crippen LogP contribution in [0.5, 0.6) is 0 Å². The van der Waals surface area contributed by atoms with Crippen molar-refractivity contribution in [2.24, 2.45) is 0 Å². The van der Waals surface area contributed by atoms with Crippen LogP contribution in [0.2, 0.25) is 0 Å². The van der Waals surface area contributed by atoms with Gasteiger partial charge in [-0.3, -0.25) is 9.59 Å². The van der Waals surface area contributed by atoms with Gasteiger partial charge in [0.25, 0.3) is 0 Å². The molecule has 0 saturated heterocycles. The highest BCUT2D eigenvalue weighted by molar-refractivity contribution is 8.01. The molecule has 0 bridgehead atoms. The van der Waals surface area contributed by atoms with E-state index in [4.69, 9.17) is 0 Å². The zero-order valence-electron chi connectivity index (χ0n) is 15.3. The number of benzene rings is 1. The van der Waals surface area contributed by atoms with E-state index in [1.165, 1.54) is 28.7 Å². The molecule has 0 unspecified atom stereocenters. The first-order valence-corrected chi connectivity index (χ1v) is 10.1. The normalized spacial score (nSPS) is 11.7. The van der Waals surface area contributed by atoms with Crippen molar-refractivity contribution >= 4 is 45.7 Å². The van der Waals surface area contributed by atoms with Crippen molar-refractivity contribution in [3.63, 3.8) is 0 Å². The summed E-state index contributed by atoms with van der Waals surface area (Å²) in [4.78, 5) is 23.6. The summed E-state index contributed by atoms with van der Waals surface area (Å²) in [5.41, 5.74) is 3.36. The van der Waals surface area contributed by atoms with E-state index >= 15 is 0 Å². The third-order valence-corrected chi connectivity index (χ3v) is 5.67. The number of hydrogen-bond acceptors (Lipinski definition) is 7. The summed E-state index contributed by atoms with van der Waals surface area (Å²) in [5, 5.41) is 17.5. The molecule has 26 heavy (non-hydrogen) atoms. The summed E-state index contributed by atoms with van der Waals surface area (Å²) in [6, 6.07) is 5.48. The SMILES string of the molecule is CCNC(=O)[C@@H](C)NC(=O)CSc1nnc(Nc2cccc(C)c2C)s1. The maximum Gasteiger partial charge on any atom is 0.242 e. The molecule has 0 aliphatic carbocycles. The maximum atomic E-state index is 11.9. The lowest BCUT2D eigenvalue weighted by Gasteiger charge is -2.12. The minimum Gasteiger partial charge on any atom is -0.355 e. The molecule has 0 radical (unpaired) electrons. The van der Waals surface area contributed by atoms with E-state index in [2.05, 4.69) is 46.1 Å². The molecule has 2 amide bonds. The van der Waals surface area contributed by atoms with Crippen molar-refractivity contribution in [2.45, 2.75) is 38.1 Å². The zero-order chi connectivity index (χ0) is 19.1. The number of hydrogen-bond donors (Lipinski definition) is 3. The third kappa shape index (κ3) is 5.70. The number of likely N-dealkylation sites (N-methyl/N-ethyl adjacent to an activating group) is 1. The topological polar surface area (TPSA) is 96.0 Å². The first-order chi connectivity index (χ1) is 12.4. The number of thioether (sulfide) groups is 1. The molecule has 1 aromatic carbocycles. The Morgan fingerprint density at radius 3 is 2.77 bits per heavy atom. The van der Waals surface area contributed by atoms with Crippen molar-refractivity contribution in [3.8, 4) is 0 Å². The highest BCUT2D eigenvalue weighted by Gasteiger charge is 2.15. The number of nitrogens with zero attached hydrogens (tertiary/aromatic N) is 2. The van der Waals surface area contributed by atoms with Crippen LogP contribution in [0.1, 0.15) is 25.0 Å². The number of rotatable bonds is 8. The lowest BCUT2D eigenvalue weighted by atomic mass is 10.1. The average Bonchev–Trinajstić information content (AvgIpc) is 3.05. The Balaban J connectivity index is 1.85. The first-order valence-electron chi connectivity index (χ1n) is 8.27. The standard InChI is InChI=1S/C17H23N5O2S2/c1-5-18-15(24)12(4)19-14(23)9-25-17-22-21-16(26-17)20-13-8-6-7-10(2)11(13)3/h6-8,12H,5,9H2,1-4H3,(H,18,24)(H,19,23)(H,20,21)/t12-/m1/s1. The van der Waals surface area contributed by atoms with Gasteiger partial charge in [0.05, 0.1) is 5.75 Å². The Kier molecular flexibility index (Phi) is 7.40. The zero-order valence-corrected chi connectivity index (χ0v) is 16.9. The van der Waals surface area contributed by atoms with E-state index in [1.54, 1.807) is 6.92 Å². The molecule has 0 aliphatic rings. The molecular formula is C17H23N5O2S2. The predicted octanol–water partition coefficient (Wildman–Crippen LogP) is 2.63. The van der Waals surface area contributed by atoms with E-state index in [9.17, 15) is 9.59 Å². The summed E-state index contributed by atoms with van der Waals surface area (Å²) in [6.45, 7) is 8.14. The Hall–Kier alpha value is -2.13. The second-order valence-corrected chi connectivity index (χ2v) is 7.92. The van der Waals surface area contributed by atoms with Crippen molar-refractivity contribution in [1.82, 2.24) is 20.8 Å². The number of carbonyl (C=O) groups excluding carboxylic acids is 2. The van der Waals surface area contributed by atoms with Gasteiger partial charge in [-0.25, -0.2) is 0 Å². The molecule has 1 heterocycles. The van der Waals surface area contributed by atoms with Gasteiger partial charge in [0.2, 0.25) is 16.9 Å². The number of amides is 2. The van der Waals surface area contributed by atoms with E-state index in [-0.39, 0.29) is 17.6 Å². The summed E-state index contributed by atoms with van der Waals surface area (Å²) < 4.78 is 0.693. The number of nitrogens with one attached hydrogen (secondary N) is 3. The van der Waals surface area contributed by atoms with Gasteiger partial charge < -0.3 is 16.0 Å². The Morgan fingerprint density at radius 2 is 2.04 bits per heavy atom. The van der Waals surface area contributed by atoms with Crippen molar-refractivity contribution in [3.05, 3.63) is 29.3 Å². The summed E-state index contributed by atoms with van der Waals surface area (Å²) in [6.07, 6.45) is 0. The van der Waals surface area contributed by atoms with Gasteiger partial charge in [-0.1, -0.05) is 35.2 Å². The molecule has 0 aliphatic heterocycles. The molecular weight excluding hydrogens is 370 g/mol. The van der Waals surface area contributed by atoms with Crippen molar-refractivity contribution in [2.75, 3.05) is 17.6 Å². The molecule has 2 aromatic rings. The lowest BCUT2D eigenvalue weighted by molar-refractivity contribution is -0.127. The molecule has 3 N–H and O–H groups in total. The van der Waals surface area contributed by atoms with Gasteiger partial charge in [0.15, 0.2) is 4.34 Å². The van der Waals surface area contributed by atoms with Gasteiger partial charge in [0.1, 0.15) is 6.04 Å². The second-order valence-electron chi connectivity index (χ2n) is 5.72. The molecule has 1 atom stereocenters. The molecule has 1 aromatic heterocycles. The van der Waals surface area contributed by atoms with E-state index in [0.29, 0.717) is 16.0 Å². The van der Waals surface area contributed by atoms with Crippen LogP contribution in [-0.4, -0.2) is 40.4 Å². The van der Waals surface area contributed by atoms with Crippen molar-refractivity contribution in [1.29, 1.82) is 0 Å². The molecule has 9 heteroatoms. The predicted molar refractivity (Wildman–Crippen MR) is 106 cm³/mol. The Labute approximate surface area is 161 Å². The third-order valence-electron chi connectivity index (χ3n) is 3.70. The fourth-order valence-corrected chi connectivity index (χ4v) is 3.70. The first kappa shape index (κ1) is 20.2. The average molecular weight is 394 g/mol. The summed E-state index contributed by atoms with van der Waals surface area (Å²) >= 11 is 2.68. The number of carbonyl (C=O) groups is 2. The van der Waals surface area contributed by atoms with Crippen LogP contribution in [0, 0.1) is 13.8 Å². The highest BCUT2D eigenvalue weighted by atomic mass is 32.2. The summed E-state index contributed by atoms with van der Waals surface area (Å²) in [5.74, 6) is -0.225. The molecule has 140 valence electrons. The monoisotopic (exact) mass is 393 g/mol.